The molecule has 0 amide bonds. The van der Waals surface area contributed by atoms with Crippen LogP contribution in [0.5, 0.6) is 0 Å². The number of para-hydroxylation sites is 2. The first-order chi connectivity index (χ1) is 34.6. The Bertz CT molecular complexity index is 3730. The van der Waals surface area contributed by atoms with E-state index in [9.17, 15) is 0 Å². The number of fused-ring (bicyclic) bond motifs is 13. The number of rotatable bonds is 7. The molecule has 1 spiro atoms. The minimum absolute atomic E-state index is 0.180. The van der Waals surface area contributed by atoms with E-state index >= 15 is 0 Å². The zero-order valence-corrected chi connectivity index (χ0v) is 36.6. The highest BCUT2D eigenvalue weighted by molar-refractivity contribution is 5.98. The van der Waals surface area contributed by atoms with Crippen molar-refractivity contribution in [3.05, 3.63) is 276 Å². The Hall–Kier alpha value is -8.20. The molecule has 10 aromatic carbocycles. The molecule has 0 radical (unpaired) electrons. The molecule has 3 aliphatic rings. The highest BCUT2D eigenvalue weighted by Gasteiger charge is 2.52. The summed E-state index contributed by atoms with van der Waals surface area (Å²) in [6.45, 7) is 4.63. The molecule has 13 rings (SSSR count). The molecule has 66 heavy (non-hydrogen) atoms. The molecule has 0 N–H and O–H groups in total. The second-order valence-corrected chi connectivity index (χ2v) is 18.1. The Labute approximate surface area is 394 Å². The van der Waals surface area contributed by atoms with Gasteiger partial charge in [0.2, 0.25) is 0 Å². The molecule has 0 saturated carbocycles. The van der Waals surface area contributed by atoms with E-state index in [2.05, 4.69) is 212 Å². The van der Waals surface area contributed by atoms with E-state index in [1.54, 1.807) is 0 Å². The van der Waals surface area contributed by atoms with Crippen LogP contribution in [0, 0.1) is 0 Å². The van der Waals surface area contributed by atoms with E-state index < -0.39 is 11.5 Å². The van der Waals surface area contributed by atoms with Crippen molar-refractivity contribution in [1.82, 2.24) is 0 Å². The molecule has 10 aromatic rings. The van der Waals surface area contributed by atoms with Crippen molar-refractivity contribution < 1.29 is 6.85 Å². The molecule has 0 saturated heterocycles. The zero-order valence-electron chi connectivity index (χ0n) is 41.6. The van der Waals surface area contributed by atoms with E-state index in [1.165, 1.54) is 66.8 Å². The molecule has 1 atom stereocenters. The molecular weight excluding hydrogens is 797 g/mol. The minimum Gasteiger partial charge on any atom is -0.310 e. The standard InChI is InChI=1S/C64H46N2/c1-63(2)56-29-15-12-27-52(56)55-28-18-32-61(62(55)63)66(47-35-33-44(34-36-47)43-19-6-3-7-20-43)49-38-40-54-51-26-14-17-31-58(51)64(60(54)42-49)57-30-16-13-25-50(57)53-39-37-48(41-59(53)64)65(45-21-8-4-9-22-45)46-23-10-5-11-24-46/h3-42H,1-2H3/i3D,6D,7D,19D,20D. The predicted molar refractivity (Wildman–Crippen MR) is 275 cm³/mol. The van der Waals surface area contributed by atoms with Gasteiger partial charge in [0.15, 0.2) is 0 Å². The first kappa shape index (κ1) is 33.3. The number of benzene rings is 10. The fourth-order valence-corrected chi connectivity index (χ4v) is 11.6. The monoisotopic (exact) mass is 847 g/mol. The summed E-state index contributed by atoms with van der Waals surface area (Å²) in [6, 6.07) is 74.6. The largest absolute Gasteiger partial charge is 0.310 e. The summed E-state index contributed by atoms with van der Waals surface area (Å²) in [5.74, 6) is 0. The second-order valence-electron chi connectivity index (χ2n) is 18.1. The van der Waals surface area contributed by atoms with E-state index in [1.807, 2.05) is 24.3 Å². The van der Waals surface area contributed by atoms with Gasteiger partial charge in [-0.05, 0) is 145 Å². The third kappa shape index (κ3) is 5.48. The molecule has 2 nitrogen and oxygen atoms in total. The van der Waals surface area contributed by atoms with Gasteiger partial charge in [0.25, 0.3) is 0 Å². The number of hydrogen-bond acceptors (Lipinski definition) is 2. The Morgan fingerprint density at radius 3 is 1.35 bits per heavy atom. The molecule has 312 valence electrons. The van der Waals surface area contributed by atoms with E-state index in [-0.39, 0.29) is 35.1 Å². The molecule has 0 aromatic heterocycles. The van der Waals surface area contributed by atoms with Crippen molar-refractivity contribution in [3.63, 3.8) is 0 Å². The molecule has 0 bridgehead atoms. The van der Waals surface area contributed by atoms with Crippen molar-refractivity contribution in [3.8, 4) is 44.5 Å². The quantitative estimate of drug-likeness (QED) is 0.158. The lowest BCUT2D eigenvalue weighted by atomic mass is 9.70. The Morgan fingerprint density at radius 2 is 0.773 bits per heavy atom. The van der Waals surface area contributed by atoms with Crippen molar-refractivity contribution >= 4 is 34.1 Å². The summed E-state index contributed by atoms with van der Waals surface area (Å²) in [7, 11) is 0. The molecule has 1 unspecified atom stereocenters. The molecule has 0 aliphatic heterocycles. The zero-order chi connectivity index (χ0) is 48.3. The van der Waals surface area contributed by atoms with Crippen LogP contribution in [0.4, 0.5) is 34.1 Å². The van der Waals surface area contributed by atoms with E-state index in [0.717, 1.165) is 34.1 Å². The van der Waals surface area contributed by atoms with E-state index in [0.29, 0.717) is 5.56 Å². The predicted octanol–water partition coefficient (Wildman–Crippen LogP) is 16.9. The Morgan fingerprint density at radius 1 is 0.333 bits per heavy atom. The third-order valence-corrected chi connectivity index (χ3v) is 14.3. The van der Waals surface area contributed by atoms with Gasteiger partial charge in [0.05, 0.1) is 18.0 Å². The van der Waals surface area contributed by atoms with Gasteiger partial charge < -0.3 is 9.80 Å². The maximum Gasteiger partial charge on any atom is 0.0727 e. The highest BCUT2D eigenvalue weighted by Crippen LogP contribution is 2.64. The van der Waals surface area contributed by atoms with Crippen molar-refractivity contribution in [2.24, 2.45) is 0 Å². The topological polar surface area (TPSA) is 6.48 Å². The van der Waals surface area contributed by atoms with Gasteiger partial charge in [0, 0.05) is 33.9 Å². The molecule has 0 heterocycles. The van der Waals surface area contributed by atoms with Crippen LogP contribution >= 0.6 is 0 Å². The number of nitrogens with zero attached hydrogens (tertiary/aromatic N) is 2. The highest BCUT2D eigenvalue weighted by atomic mass is 15.2. The van der Waals surface area contributed by atoms with Gasteiger partial charge in [0.1, 0.15) is 0 Å². The first-order valence-corrected chi connectivity index (χ1v) is 22.7. The molecule has 3 aliphatic carbocycles. The van der Waals surface area contributed by atoms with Gasteiger partial charge in [-0.2, -0.15) is 0 Å². The first-order valence-electron chi connectivity index (χ1n) is 25.2. The van der Waals surface area contributed by atoms with Crippen LogP contribution in [0.1, 0.15) is 54.1 Å². The SMILES string of the molecule is [2H]c1c([2H])c([2H])c(-c2ccc(N(c3ccc4c(c3)C3(c5ccccc5-c5ccc(N(c6ccccc6)c6ccccc6)cc53)c3ccccc3-4)c3cccc4c3C(C)(C)c3ccccc3-4)cc2)c([2H])c1[2H]. The smallest absolute Gasteiger partial charge is 0.0727 e. The van der Waals surface area contributed by atoms with Gasteiger partial charge >= 0.3 is 0 Å². The van der Waals surface area contributed by atoms with Crippen LogP contribution in [0.3, 0.4) is 0 Å². The van der Waals surface area contributed by atoms with Crippen LogP contribution in [0.15, 0.2) is 243 Å². The van der Waals surface area contributed by atoms with Crippen molar-refractivity contribution in [2.75, 3.05) is 9.80 Å². The van der Waals surface area contributed by atoms with E-state index in [4.69, 9.17) is 6.85 Å². The lowest BCUT2D eigenvalue weighted by Crippen LogP contribution is -2.26. The summed E-state index contributed by atoms with van der Waals surface area (Å²) in [5, 5.41) is 0. The maximum absolute atomic E-state index is 8.82. The van der Waals surface area contributed by atoms with Crippen molar-refractivity contribution in [1.29, 1.82) is 0 Å². The lowest BCUT2D eigenvalue weighted by Gasteiger charge is -2.34. The lowest BCUT2D eigenvalue weighted by molar-refractivity contribution is 0.661. The average Bonchev–Trinajstić information content (AvgIpc) is 3.97. The van der Waals surface area contributed by atoms with Gasteiger partial charge in [-0.1, -0.05) is 190 Å². The van der Waals surface area contributed by atoms with Gasteiger partial charge in [-0.25, -0.2) is 0 Å². The Kier molecular flexibility index (Phi) is 7.41. The molecular formula is C64H46N2. The van der Waals surface area contributed by atoms with Crippen LogP contribution in [0.2, 0.25) is 0 Å². The fourth-order valence-electron chi connectivity index (χ4n) is 11.6. The van der Waals surface area contributed by atoms with Gasteiger partial charge in [-0.3, -0.25) is 0 Å². The normalized spacial score (nSPS) is 16.4. The Balaban J connectivity index is 1.06. The van der Waals surface area contributed by atoms with Crippen LogP contribution in [-0.2, 0) is 10.8 Å². The summed E-state index contributed by atoms with van der Waals surface area (Å²) < 4.78 is 42.8. The fraction of sp³-hybridized carbons (Fsp3) is 0.0625. The molecule has 2 heteroatoms. The maximum atomic E-state index is 8.82. The van der Waals surface area contributed by atoms with Crippen LogP contribution in [0.25, 0.3) is 44.5 Å². The molecule has 0 fully saturated rings. The number of anilines is 6. The summed E-state index contributed by atoms with van der Waals surface area (Å²) in [5.41, 5.74) is 20.5. The summed E-state index contributed by atoms with van der Waals surface area (Å²) in [4.78, 5) is 4.71. The summed E-state index contributed by atoms with van der Waals surface area (Å²) >= 11 is 0. The van der Waals surface area contributed by atoms with Gasteiger partial charge in [-0.15, -0.1) is 0 Å². The number of hydrogen-bond donors (Lipinski definition) is 0. The average molecular weight is 848 g/mol. The second kappa shape index (κ2) is 14.7. The summed E-state index contributed by atoms with van der Waals surface area (Å²) in [6.07, 6.45) is 0. The minimum atomic E-state index is -0.673. The third-order valence-electron chi connectivity index (χ3n) is 14.3. The van der Waals surface area contributed by atoms with Crippen molar-refractivity contribution in [2.45, 2.75) is 24.7 Å². The van der Waals surface area contributed by atoms with Crippen LogP contribution < -0.4 is 9.80 Å². The van der Waals surface area contributed by atoms with Crippen LogP contribution in [-0.4, -0.2) is 0 Å².